The van der Waals surface area contributed by atoms with E-state index >= 15 is 0 Å². The lowest BCUT2D eigenvalue weighted by Gasteiger charge is -2.29. The molecule has 1 aliphatic rings. The van der Waals surface area contributed by atoms with E-state index in [0.717, 1.165) is 38.0 Å². The highest BCUT2D eigenvalue weighted by Crippen LogP contribution is 2.44. The Morgan fingerprint density at radius 2 is 1.95 bits per heavy atom. The van der Waals surface area contributed by atoms with Gasteiger partial charge in [0.05, 0.1) is 11.1 Å². The van der Waals surface area contributed by atoms with E-state index in [1.54, 1.807) is 6.07 Å². The minimum atomic E-state index is -1.05. The number of rotatable bonds is 10. The van der Waals surface area contributed by atoms with Crippen LogP contribution in [0.4, 0.5) is 0 Å². The predicted octanol–water partition coefficient (Wildman–Crippen LogP) is 4.03. The van der Waals surface area contributed by atoms with Gasteiger partial charge in [0, 0.05) is 39.2 Å². The molecule has 38 heavy (non-hydrogen) atoms. The van der Waals surface area contributed by atoms with Crippen LogP contribution in [0.2, 0.25) is 0 Å². The molecule has 4 rings (SSSR count). The third kappa shape index (κ3) is 6.01. The monoisotopic (exact) mass is 522 g/mol. The molecule has 0 bridgehead atoms. The second-order valence-electron chi connectivity index (χ2n) is 10.2. The average molecular weight is 523 g/mol. The summed E-state index contributed by atoms with van der Waals surface area (Å²) in [5.41, 5.74) is 5.33. The zero-order valence-electron chi connectivity index (χ0n) is 22.5. The SMILES string of the molecule is CCNC(O)c1noc(-c2cc(C(C)C)c(O)cc2O)c1-c1ccc2c(c1)CCN(CCCNC(C)=O)C2. The molecule has 5 N–H and O–H groups in total. The Labute approximate surface area is 223 Å². The van der Waals surface area contributed by atoms with E-state index in [1.807, 2.05) is 26.8 Å². The maximum atomic E-state index is 11.1. The van der Waals surface area contributed by atoms with Gasteiger partial charge >= 0.3 is 0 Å². The number of benzene rings is 2. The summed E-state index contributed by atoms with van der Waals surface area (Å²) in [6, 6.07) is 9.26. The van der Waals surface area contributed by atoms with Crippen molar-refractivity contribution in [1.29, 1.82) is 0 Å². The number of nitrogens with one attached hydrogen (secondary N) is 2. The number of nitrogens with zero attached hydrogens (tertiary/aromatic N) is 2. The van der Waals surface area contributed by atoms with Gasteiger partial charge in [0.1, 0.15) is 17.2 Å². The lowest BCUT2D eigenvalue weighted by molar-refractivity contribution is -0.118. The smallest absolute Gasteiger partial charge is 0.216 e. The van der Waals surface area contributed by atoms with Gasteiger partial charge in [-0.25, -0.2) is 0 Å². The molecule has 3 aromatic rings. The van der Waals surface area contributed by atoms with Crippen LogP contribution in [-0.4, -0.2) is 57.5 Å². The van der Waals surface area contributed by atoms with Gasteiger partial charge in [-0.05, 0) is 53.6 Å². The molecule has 1 aromatic heterocycles. The van der Waals surface area contributed by atoms with Gasteiger partial charge in [0.2, 0.25) is 5.91 Å². The predicted molar refractivity (Wildman–Crippen MR) is 146 cm³/mol. The highest BCUT2D eigenvalue weighted by molar-refractivity contribution is 5.85. The van der Waals surface area contributed by atoms with E-state index in [0.29, 0.717) is 41.2 Å². The first kappa shape index (κ1) is 27.6. The summed E-state index contributed by atoms with van der Waals surface area (Å²) in [4.78, 5) is 13.5. The van der Waals surface area contributed by atoms with E-state index in [9.17, 15) is 20.1 Å². The van der Waals surface area contributed by atoms with E-state index in [-0.39, 0.29) is 23.3 Å². The lowest BCUT2D eigenvalue weighted by atomic mass is 9.91. The molecule has 1 aliphatic heterocycles. The number of aromatic hydroxyl groups is 2. The van der Waals surface area contributed by atoms with Crippen molar-refractivity contribution in [2.45, 2.75) is 59.2 Å². The molecule has 1 unspecified atom stereocenters. The number of aliphatic hydroxyl groups excluding tert-OH is 1. The molecule has 0 saturated heterocycles. The molecule has 0 fully saturated rings. The van der Waals surface area contributed by atoms with Crippen molar-refractivity contribution >= 4 is 5.91 Å². The van der Waals surface area contributed by atoms with Gasteiger partial charge < -0.3 is 25.2 Å². The van der Waals surface area contributed by atoms with Crippen LogP contribution in [0.3, 0.4) is 0 Å². The molecule has 0 spiro atoms. The van der Waals surface area contributed by atoms with Gasteiger partial charge in [-0.15, -0.1) is 0 Å². The molecule has 9 nitrogen and oxygen atoms in total. The summed E-state index contributed by atoms with van der Waals surface area (Å²) in [5, 5.41) is 42.0. The first-order valence-corrected chi connectivity index (χ1v) is 13.3. The van der Waals surface area contributed by atoms with Gasteiger partial charge in [0.25, 0.3) is 0 Å². The van der Waals surface area contributed by atoms with Crippen LogP contribution in [0.25, 0.3) is 22.5 Å². The standard InChI is InChI=1S/C29H38N4O5/c1-5-30-29(37)27-26(28(38-32-27)23-14-22(17(2)3)24(35)15-25(23)36)20-7-8-21-16-33(12-9-19(21)13-20)11-6-10-31-18(4)34/h7-8,13-15,17,29-30,35-37H,5-6,9-12,16H2,1-4H3,(H,31,34). The number of phenols is 2. The Bertz CT molecular complexity index is 1290. The summed E-state index contributed by atoms with van der Waals surface area (Å²) in [6.45, 7) is 11.2. The molecule has 9 heteroatoms. The van der Waals surface area contributed by atoms with Crippen LogP contribution >= 0.6 is 0 Å². The molecule has 1 amide bonds. The van der Waals surface area contributed by atoms with Crippen LogP contribution < -0.4 is 10.6 Å². The summed E-state index contributed by atoms with van der Waals surface area (Å²) in [6.07, 6.45) is 0.722. The van der Waals surface area contributed by atoms with Crippen LogP contribution in [0, 0.1) is 0 Å². The van der Waals surface area contributed by atoms with Crippen molar-refractivity contribution < 1.29 is 24.6 Å². The summed E-state index contributed by atoms with van der Waals surface area (Å²) in [5.74, 6) is 0.255. The number of hydrogen-bond donors (Lipinski definition) is 5. The first-order valence-electron chi connectivity index (χ1n) is 13.3. The number of carbonyl (C=O) groups excluding carboxylic acids is 1. The Morgan fingerprint density at radius 1 is 1.16 bits per heavy atom. The fourth-order valence-electron chi connectivity index (χ4n) is 5.01. The third-order valence-electron chi connectivity index (χ3n) is 7.00. The molecule has 0 aliphatic carbocycles. The fraction of sp³-hybridized carbons (Fsp3) is 0.448. The Balaban J connectivity index is 1.69. The molecule has 0 saturated carbocycles. The number of phenolic OH excluding ortho intramolecular Hbond substituents is 2. The number of carbonyl (C=O) groups is 1. The maximum Gasteiger partial charge on any atom is 0.216 e. The zero-order chi connectivity index (χ0) is 27.4. The number of fused-ring (bicyclic) bond motifs is 1. The molecule has 2 aromatic carbocycles. The molecule has 2 heterocycles. The van der Waals surface area contributed by atoms with Crippen molar-refractivity contribution in [1.82, 2.24) is 20.7 Å². The summed E-state index contributed by atoms with van der Waals surface area (Å²) in [7, 11) is 0. The summed E-state index contributed by atoms with van der Waals surface area (Å²) < 4.78 is 5.76. The molecular weight excluding hydrogens is 484 g/mol. The number of amides is 1. The first-order chi connectivity index (χ1) is 18.2. The zero-order valence-corrected chi connectivity index (χ0v) is 22.5. The largest absolute Gasteiger partial charge is 0.508 e. The highest BCUT2D eigenvalue weighted by Gasteiger charge is 2.28. The van der Waals surface area contributed by atoms with Crippen molar-refractivity contribution in [2.75, 3.05) is 26.2 Å². The Kier molecular flexibility index (Phi) is 8.71. The van der Waals surface area contributed by atoms with Crippen LogP contribution in [-0.2, 0) is 17.8 Å². The average Bonchev–Trinajstić information content (AvgIpc) is 3.31. The molecular formula is C29H38N4O5. The molecule has 204 valence electrons. The van der Waals surface area contributed by atoms with Crippen molar-refractivity contribution in [2.24, 2.45) is 0 Å². The van der Waals surface area contributed by atoms with Crippen LogP contribution in [0.15, 0.2) is 34.9 Å². The minimum Gasteiger partial charge on any atom is -0.508 e. The normalized spacial score (nSPS) is 14.5. The Morgan fingerprint density at radius 3 is 2.66 bits per heavy atom. The van der Waals surface area contributed by atoms with Gasteiger partial charge in [0.15, 0.2) is 12.0 Å². The molecule has 0 radical (unpaired) electrons. The number of aromatic nitrogens is 1. The van der Waals surface area contributed by atoms with Gasteiger partial charge in [-0.2, -0.15) is 0 Å². The maximum absolute atomic E-state index is 11.1. The quantitative estimate of drug-likeness (QED) is 0.199. The number of hydrogen-bond acceptors (Lipinski definition) is 8. The Hall–Kier alpha value is -3.40. The minimum absolute atomic E-state index is 0.00528. The number of aliphatic hydroxyl groups is 1. The van der Waals surface area contributed by atoms with Crippen LogP contribution in [0.5, 0.6) is 11.5 Å². The highest BCUT2D eigenvalue weighted by atomic mass is 16.5. The van der Waals surface area contributed by atoms with Crippen LogP contribution in [0.1, 0.15) is 68.6 Å². The van der Waals surface area contributed by atoms with E-state index in [2.05, 4.69) is 32.8 Å². The topological polar surface area (TPSA) is 131 Å². The third-order valence-corrected chi connectivity index (χ3v) is 7.00. The van der Waals surface area contributed by atoms with Crippen molar-refractivity contribution in [3.05, 3.63) is 52.7 Å². The van der Waals surface area contributed by atoms with E-state index in [1.165, 1.54) is 24.1 Å². The van der Waals surface area contributed by atoms with E-state index in [4.69, 9.17) is 4.52 Å². The second-order valence-corrected chi connectivity index (χ2v) is 10.2. The van der Waals surface area contributed by atoms with E-state index < -0.39 is 6.23 Å². The van der Waals surface area contributed by atoms with Gasteiger partial charge in [-0.3, -0.25) is 15.0 Å². The van der Waals surface area contributed by atoms with Crippen molar-refractivity contribution in [3.63, 3.8) is 0 Å². The molecule has 1 atom stereocenters. The van der Waals surface area contributed by atoms with Crippen molar-refractivity contribution in [3.8, 4) is 33.9 Å². The second kappa shape index (κ2) is 12.0. The van der Waals surface area contributed by atoms with Gasteiger partial charge in [-0.1, -0.05) is 44.1 Å². The lowest BCUT2D eigenvalue weighted by Crippen LogP contribution is -2.33. The summed E-state index contributed by atoms with van der Waals surface area (Å²) >= 11 is 0. The fourth-order valence-corrected chi connectivity index (χ4v) is 5.01.